The first kappa shape index (κ1) is 17.5. The standard InChI is InChI=1S/C16H25N5OS/c1-10(2)14-8-13(22-21-14)9-19-16(17-5)18-7-6-15-11(3)20-12(4)23-15/h8,10H,6-7,9H2,1-5H3,(H2,17,18,19). The minimum absolute atomic E-state index is 0.371. The molecule has 0 radical (unpaired) electrons. The minimum Gasteiger partial charge on any atom is -0.359 e. The molecule has 23 heavy (non-hydrogen) atoms. The number of thiazole rings is 1. The third-order valence-electron chi connectivity index (χ3n) is 3.47. The van der Waals surface area contributed by atoms with Crippen LogP contribution in [0.1, 0.15) is 46.8 Å². The second-order valence-electron chi connectivity index (χ2n) is 5.72. The molecule has 0 spiro atoms. The van der Waals surface area contributed by atoms with Crippen LogP contribution in [-0.4, -0.2) is 29.7 Å². The van der Waals surface area contributed by atoms with Gasteiger partial charge in [0, 0.05) is 31.0 Å². The molecule has 2 heterocycles. The van der Waals surface area contributed by atoms with Crippen LogP contribution in [0.3, 0.4) is 0 Å². The molecule has 0 aromatic carbocycles. The molecule has 126 valence electrons. The number of nitrogens with zero attached hydrogens (tertiary/aromatic N) is 3. The van der Waals surface area contributed by atoms with E-state index >= 15 is 0 Å². The van der Waals surface area contributed by atoms with Crippen LogP contribution in [0.15, 0.2) is 15.6 Å². The van der Waals surface area contributed by atoms with Crippen molar-refractivity contribution in [3.63, 3.8) is 0 Å². The average Bonchev–Trinajstić information content (AvgIpc) is 3.09. The van der Waals surface area contributed by atoms with E-state index in [4.69, 9.17) is 4.52 Å². The number of hydrogen-bond acceptors (Lipinski definition) is 5. The third kappa shape index (κ3) is 5.06. The topological polar surface area (TPSA) is 75.3 Å². The Bertz CT molecular complexity index is 659. The van der Waals surface area contributed by atoms with Gasteiger partial charge in [-0.2, -0.15) is 0 Å². The highest BCUT2D eigenvalue weighted by Gasteiger charge is 2.08. The lowest BCUT2D eigenvalue weighted by molar-refractivity contribution is 0.372. The lowest BCUT2D eigenvalue weighted by Crippen LogP contribution is -2.37. The molecule has 6 nitrogen and oxygen atoms in total. The molecule has 0 fully saturated rings. The van der Waals surface area contributed by atoms with Crippen LogP contribution in [0, 0.1) is 13.8 Å². The minimum atomic E-state index is 0.371. The molecule has 0 bridgehead atoms. The third-order valence-corrected chi connectivity index (χ3v) is 4.60. The fourth-order valence-corrected chi connectivity index (χ4v) is 3.11. The van der Waals surface area contributed by atoms with E-state index in [1.165, 1.54) is 4.88 Å². The van der Waals surface area contributed by atoms with Crippen molar-refractivity contribution in [2.24, 2.45) is 4.99 Å². The Morgan fingerprint density at radius 1 is 1.35 bits per heavy atom. The number of aryl methyl sites for hydroxylation is 2. The van der Waals surface area contributed by atoms with Crippen molar-refractivity contribution in [2.75, 3.05) is 13.6 Å². The molecule has 0 saturated carbocycles. The summed E-state index contributed by atoms with van der Waals surface area (Å²) < 4.78 is 5.31. The van der Waals surface area contributed by atoms with Crippen molar-refractivity contribution in [1.29, 1.82) is 0 Å². The van der Waals surface area contributed by atoms with Crippen molar-refractivity contribution >= 4 is 17.3 Å². The van der Waals surface area contributed by atoms with E-state index in [1.54, 1.807) is 18.4 Å². The molecule has 0 aliphatic heterocycles. The molecule has 2 N–H and O–H groups in total. The Hall–Kier alpha value is -1.89. The Morgan fingerprint density at radius 3 is 2.70 bits per heavy atom. The van der Waals surface area contributed by atoms with Crippen LogP contribution in [-0.2, 0) is 13.0 Å². The normalized spacial score (nSPS) is 12.0. The van der Waals surface area contributed by atoms with Gasteiger partial charge in [-0.1, -0.05) is 19.0 Å². The number of rotatable bonds is 6. The van der Waals surface area contributed by atoms with Gasteiger partial charge in [0.25, 0.3) is 0 Å². The fourth-order valence-electron chi connectivity index (χ4n) is 2.18. The van der Waals surface area contributed by atoms with Gasteiger partial charge >= 0.3 is 0 Å². The summed E-state index contributed by atoms with van der Waals surface area (Å²) in [7, 11) is 1.76. The maximum Gasteiger partial charge on any atom is 0.191 e. The quantitative estimate of drug-likeness (QED) is 0.627. The summed E-state index contributed by atoms with van der Waals surface area (Å²) in [4.78, 5) is 9.99. The first-order chi connectivity index (χ1) is 11.0. The summed E-state index contributed by atoms with van der Waals surface area (Å²) in [5.41, 5.74) is 2.10. The van der Waals surface area contributed by atoms with Gasteiger partial charge in [0.2, 0.25) is 0 Å². The number of aromatic nitrogens is 2. The van der Waals surface area contributed by atoms with Gasteiger partial charge in [-0.3, -0.25) is 4.99 Å². The predicted octanol–water partition coefficient (Wildman–Crippen LogP) is 2.78. The summed E-state index contributed by atoms with van der Waals surface area (Å²) in [6.07, 6.45) is 0.942. The molecule has 2 aromatic rings. The van der Waals surface area contributed by atoms with Gasteiger partial charge in [0.1, 0.15) is 0 Å². The van der Waals surface area contributed by atoms with E-state index in [0.717, 1.165) is 41.1 Å². The molecule has 0 amide bonds. The van der Waals surface area contributed by atoms with E-state index in [2.05, 4.69) is 46.5 Å². The van der Waals surface area contributed by atoms with Gasteiger partial charge in [0.15, 0.2) is 11.7 Å². The van der Waals surface area contributed by atoms with Crippen LogP contribution >= 0.6 is 11.3 Å². The summed E-state index contributed by atoms with van der Waals surface area (Å²) in [5.74, 6) is 1.94. The molecule has 0 aliphatic carbocycles. The number of aliphatic imine (C=N–C) groups is 1. The van der Waals surface area contributed by atoms with E-state index in [9.17, 15) is 0 Å². The summed E-state index contributed by atoms with van der Waals surface area (Å²) in [6, 6.07) is 1.98. The van der Waals surface area contributed by atoms with Crippen molar-refractivity contribution in [3.05, 3.63) is 33.1 Å². The fraction of sp³-hybridized carbons (Fsp3) is 0.562. The molecule has 0 aliphatic rings. The zero-order valence-electron chi connectivity index (χ0n) is 14.4. The Balaban J connectivity index is 1.78. The molecule has 7 heteroatoms. The SMILES string of the molecule is CN=C(NCCc1sc(C)nc1C)NCc1cc(C(C)C)no1. The number of hydrogen-bond donors (Lipinski definition) is 2. The van der Waals surface area contributed by atoms with E-state index < -0.39 is 0 Å². The Morgan fingerprint density at radius 2 is 2.13 bits per heavy atom. The van der Waals surface area contributed by atoms with E-state index in [-0.39, 0.29) is 0 Å². The van der Waals surface area contributed by atoms with Crippen LogP contribution in [0.2, 0.25) is 0 Å². The highest BCUT2D eigenvalue weighted by atomic mass is 32.1. The Labute approximate surface area is 141 Å². The molecule has 0 saturated heterocycles. The zero-order valence-corrected chi connectivity index (χ0v) is 15.3. The van der Waals surface area contributed by atoms with E-state index in [1.807, 2.05) is 13.0 Å². The first-order valence-electron chi connectivity index (χ1n) is 7.82. The van der Waals surface area contributed by atoms with Crippen molar-refractivity contribution in [1.82, 2.24) is 20.8 Å². The molecular formula is C16H25N5OS. The molecule has 2 rings (SSSR count). The number of guanidine groups is 1. The van der Waals surface area contributed by atoms with Crippen LogP contribution < -0.4 is 10.6 Å². The summed E-state index contributed by atoms with van der Waals surface area (Å²) >= 11 is 1.75. The largest absolute Gasteiger partial charge is 0.359 e. The highest BCUT2D eigenvalue weighted by molar-refractivity contribution is 7.11. The van der Waals surface area contributed by atoms with Crippen molar-refractivity contribution < 1.29 is 4.52 Å². The monoisotopic (exact) mass is 335 g/mol. The average molecular weight is 335 g/mol. The molecule has 0 unspecified atom stereocenters. The summed E-state index contributed by atoms with van der Waals surface area (Å²) in [5, 5.41) is 11.7. The molecular weight excluding hydrogens is 310 g/mol. The van der Waals surface area contributed by atoms with Crippen LogP contribution in [0.5, 0.6) is 0 Å². The Kier molecular flexibility index (Phi) is 6.15. The molecule has 0 atom stereocenters. The van der Waals surface area contributed by atoms with Crippen molar-refractivity contribution in [3.8, 4) is 0 Å². The smallest absolute Gasteiger partial charge is 0.191 e. The van der Waals surface area contributed by atoms with Crippen LogP contribution in [0.25, 0.3) is 0 Å². The maximum absolute atomic E-state index is 5.31. The zero-order chi connectivity index (χ0) is 16.8. The van der Waals surface area contributed by atoms with Gasteiger partial charge < -0.3 is 15.2 Å². The predicted molar refractivity (Wildman–Crippen MR) is 94.1 cm³/mol. The lowest BCUT2D eigenvalue weighted by atomic mass is 10.1. The number of nitrogens with one attached hydrogen (secondary N) is 2. The molecule has 2 aromatic heterocycles. The highest BCUT2D eigenvalue weighted by Crippen LogP contribution is 2.17. The second kappa shape index (κ2) is 8.10. The maximum atomic E-state index is 5.31. The van der Waals surface area contributed by atoms with Gasteiger partial charge in [-0.15, -0.1) is 11.3 Å². The summed E-state index contributed by atoms with van der Waals surface area (Å²) in [6.45, 7) is 9.67. The van der Waals surface area contributed by atoms with Crippen molar-refractivity contribution in [2.45, 2.75) is 46.6 Å². The first-order valence-corrected chi connectivity index (χ1v) is 8.64. The van der Waals surface area contributed by atoms with E-state index in [0.29, 0.717) is 12.5 Å². The second-order valence-corrected chi connectivity index (χ2v) is 7.00. The van der Waals surface area contributed by atoms with Crippen LogP contribution in [0.4, 0.5) is 0 Å². The lowest BCUT2D eigenvalue weighted by Gasteiger charge is -2.10. The van der Waals surface area contributed by atoms with Gasteiger partial charge in [-0.05, 0) is 19.8 Å². The van der Waals surface area contributed by atoms with Gasteiger partial charge in [0.05, 0.1) is 22.9 Å². The van der Waals surface area contributed by atoms with Gasteiger partial charge in [-0.25, -0.2) is 4.98 Å².